The van der Waals surface area contributed by atoms with Gasteiger partial charge in [-0.05, 0) is 68.4 Å². The molecule has 1 heterocycles. The number of aromatic nitrogens is 2. The van der Waals surface area contributed by atoms with Crippen LogP contribution in [0.25, 0.3) is 11.3 Å². The van der Waals surface area contributed by atoms with Gasteiger partial charge in [-0.2, -0.15) is 5.10 Å². The van der Waals surface area contributed by atoms with Gasteiger partial charge in [0.25, 0.3) is 5.56 Å². The first-order valence-corrected chi connectivity index (χ1v) is 9.05. The van der Waals surface area contributed by atoms with Crippen LogP contribution >= 0.6 is 0 Å². The summed E-state index contributed by atoms with van der Waals surface area (Å²) < 4.78 is 6.30. The summed E-state index contributed by atoms with van der Waals surface area (Å²) in [6.45, 7) is 3.08. The summed E-state index contributed by atoms with van der Waals surface area (Å²) in [5.41, 5.74) is 2.08. The maximum Gasteiger partial charge on any atom is 0.267 e. The Morgan fingerprint density at radius 3 is 2.24 bits per heavy atom. The molecule has 0 spiro atoms. The third-order valence-electron chi connectivity index (χ3n) is 4.52. The third-order valence-corrected chi connectivity index (χ3v) is 4.52. The van der Waals surface area contributed by atoms with E-state index in [4.69, 9.17) is 4.74 Å². The SMILES string of the molecule is COc1ccc(-c2ccc(=O)n(C(C)C(=O)Nc3ccc(C(C)=O)cc3)n2)cc1. The van der Waals surface area contributed by atoms with E-state index in [0.29, 0.717) is 22.7 Å². The minimum atomic E-state index is -0.826. The number of nitrogens with one attached hydrogen (secondary N) is 1. The van der Waals surface area contributed by atoms with Gasteiger partial charge in [-0.25, -0.2) is 4.68 Å². The van der Waals surface area contributed by atoms with Gasteiger partial charge in [-0.3, -0.25) is 14.4 Å². The summed E-state index contributed by atoms with van der Waals surface area (Å²) in [6.07, 6.45) is 0. The summed E-state index contributed by atoms with van der Waals surface area (Å²) >= 11 is 0. The Balaban J connectivity index is 1.81. The van der Waals surface area contributed by atoms with Crippen molar-refractivity contribution >= 4 is 17.4 Å². The van der Waals surface area contributed by atoms with Gasteiger partial charge in [0.2, 0.25) is 5.91 Å². The van der Waals surface area contributed by atoms with Crippen molar-refractivity contribution in [3.8, 4) is 17.0 Å². The predicted molar refractivity (Wildman–Crippen MR) is 110 cm³/mol. The highest BCUT2D eigenvalue weighted by Gasteiger charge is 2.18. The number of ketones is 1. The van der Waals surface area contributed by atoms with E-state index in [2.05, 4.69) is 10.4 Å². The Morgan fingerprint density at radius 1 is 1.00 bits per heavy atom. The number of carbonyl (C=O) groups excluding carboxylic acids is 2. The summed E-state index contributed by atoms with van der Waals surface area (Å²) in [5, 5.41) is 7.10. The van der Waals surface area contributed by atoms with E-state index in [9.17, 15) is 14.4 Å². The molecule has 0 saturated carbocycles. The van der Waals surface area contributed by atoms with Gasteiger partial charge in [0.05, 0.1) is 12.8 Å². The molecule has 0 aliphatic heterocycles. The molecule has 7 heteroatoms. The number of hydrogen-bond donors (Lipinski definition) is 1. The van der Waals surface area contributed by atoms with Crippen molar-refractivity contribution in [3.05, 3.63) is 76.6 Å². The Morgan fingerprint density at radius 2 is 1.66 bits per heavy atom. The number of rotatable bonds is 6. The van der Waals surface area contributed by atoms with E-state index in [1.807, 2.05) is 12.1 Å². The van der Waals surface area contributed by atoms with Crippen molar-refractivity contribution in [2.24, 2.45) is 0 Å². The number of benzene rings is 2. The van der Waals surface area contributed by atoms with E-state index >= 15 is 0 Å². The quantitative estimate of drug-likeness (QED) is 0.651. The highest BCUT2D eigenvalue weighted by Crippen LogP contribution is 2.20. The molecule has 1 amide bonds. The molecule has 0 fully saturated rings. The summed E-state index contributed by atoms with van der Waals surface area (Å²) in [5.74, 6) is 0.273. The zero-order valence-corrected chi connectivity index (χ0v) is 16.4. The van der Waals surface area contributed by atoms with Crippen molar-refractivity contribution in [3.63, 3.8) is 0 Å². The minimum absolute atomic E-state index is 0.0534. The van der Waals surface area contributed by atoms with E-state index in [-0.39, 0.29) is 17.2 Å². The van der Waals surface area contributed by atoms with Gasteiger partial charge in [-0.1, -0.05) is 0 Å². The Kier molecular flexibility index (Phi) is 5.87. The molecule has 7 nitrogen and oxygen atoms in total. The summed E-state index contributed by atoms with van der Waals surface area (Å²) in [7, 11) is 1.58. The molecule has 3 rings (SSSR count). The molecule has 2 aromatic carbocycles. The molecule has 1 unspecified atom stereocenters. The molecule has 1 aromatic heterocycles. The monoisotopic (exact) mass is 391 g/mol. The van der Waals surface area contributed by atoms with Crippen LogP contribution in [0.1, 0.15) is 30.2 Å². The smallest absolute Gasteiger partial charge is 0.267 e. The van der Waals surface area contributed by atoms with Crippen molar-refractivity contribution in [2.45, 2.75) is 19.9 Å². The average Bonchev–Trinajstić information content (AvgIpc) is 2.74. The molecule has 148 valence electrons. The maximum atomic E-state index is 12.6. The van der Waals surface area contributed by atoms with Crippen LogP contribution in [0.15, 0.2) is 65.5 Å². The van der Waals surface area contributed by atoms with Crippen LogP contribution in [0.3, 0.4) is 0 Å². The van der Waals surface area contributed by atoms with Crippen molar-refractivity contribution in [1.82, 2.24) is 9.78 Å². The predicted octanol–water partition coefficient (Wildman–Crippen LogP) is 3.32. The van der Waals surface area contributed by atoms with Crippen LogP contribution in [0, 0.1) is 0 Å². The van der Waals surface area contributed by atoms with E-state index in [1.54, 1.807) is 56.5 Å². The first-order chi connectivity index (χ1) is 13.9. The second-order valence-corrected chi connectivity index (χ2v) is 6.53. The second-order valence-electron chi connectivity index (χ2n) is 6.53. The number of ether oxygens (including phenoxy) is 1. The molecule has 0 saturated heterocycles. The third kappa shape index (κ3) is 4.57. The molecule has 0 aliphatic rings. The Labute approximate surface area is 168 Å². The lowest BCUT2D eigenvalue weighted by molar-refractivity contribution is -0.119. The number of anilines is 1. The topological polar surface area (TPSA) is 90.3 Å². The number of Topliss-reactive ketones (excluding diaryl/α,β-unsaturated/α-hetero) is 1. The number of nitrogens with zero attached hydrogens (tertiary/aromatic N) is 2. The van der Waals surface area contributed by atoms with Crippen LogP contribution in [-0.2, 0) is 4.79 Å². The zero-order valence-electron chi connectivity index (χ0n) is 16.4. The maximum absolute atomic E-state index is 12.6. The molecule has 29 heavy (non-hydrogen) atoms. The van der Waals surface area contributed by atoms with Crippen molar-refractivity contribution in [2.75, 3.05) is 12.4 Å². The van der Waals surface area contributed by atoms with E-state index in [0.717, 1.165) is 10.2 Å². The fourth-order valence-corrected chi connectivity index (χ4v) is 2.76. The van der Waals surface area contributed by atoms with Gasteiger partial charge in [0.15, 0.2) is 5.78 Å². The summed E-state index contributed by atoms with van der Waals surface area (Å²) in [6, 6.07) is 16.0. The van der Waals surface area contributed by atoms with Crippen LogP contribution in [0.4, 0.5) is 5.69 Å². The van der Waals surface area contributed by atoms with E-state index in [1.165, 1.54) is 13.0 Å². The first-order valence-electron chi connectivity index (χ1n) is 9.05. The van der Waals surface area contributed by atoms with Crippen molar-refractivity contribution in [1.29, 1.82) is 0 Å². The molecule has 3 aromatic rings. The molecule has 0 radical (unpaired) electrons. The zero-order chi connectivity index (χ0) is 21.0. The largest absolute Gasteiger partial charge is 0.497 e. The average molecular weight is 391 g/mol. The highest BCUT2D eigenvalue weighted by molar-refractivity contribution is 5.96. The lowest BCUT2D eigenvalue weighted by Gasteiger charge is -2.15. The van der Waals surface area contributed by atoms with Gasteiger partial charge in [0.1, 0.15) is 11.8 Å². The van der Waals surface area contributed by atoms with Gasteiger partial charge >= 0.3 is 0 Å². The van der Waals surface area contributed by atoms with Crippen LogP contribution in [-0.4, -0.2) is 28.6 Å². The number of amides is 1. The molecule has 1 atom stereocenters. The minimum Gasteiger partial charge on any atom is -0.497 e. The van der Waals surface area contributed by atoms with Crippen LogP contribution < -0.4 is 15.6 Å². The fraction of sp³-hybridized carbons (Fsp3) is 0.182. The molecule has 0 aliphatic carbocycles. The second kappa shape index (κ2) is 8.52. The standard InChI is InChI=1S/C22H21N3O4/c1-14(22(28)23-18-8-4-16(5-9-18)15(2)26)25-21(27)13-12-20(24-25)17-6-10-19(29-3)11-7-17/h4-14H,1-3H3,(H,23,28). The molecule has 1 N–H and O–H groups in total. The fourth-order valence-electron chi connectivity index (χ4n) is 2.76. The first kappa shape index (κ1) is 20.0. The van der Waals surface area contributed by atoms with E-state index < -0.39 is 6.04 Å². The number of hydrogen-bond acceptors (Lipinski definition) is 5. The lowest BCUT2D eigenvalue weighted by atomic mass is 10.1. The van der Waals surface area contributed by atoms with Gasteiger partial charge in [-0.15, -0.1) is 0 Å². The molecular weight excluding hydrogens is 370 g/mol. The van der Waals surface area contributed by atoms with Crippen LogP contribution in [0.2, 0.25) is 0 Å². The number of methoxy groups -OCH3 is 1. The normalized spacial score (nSPS) is 11.6. The summed E-state index contributed by atoms with van der Waals surface area (Å²) in [4.78, 5) is 36.3. The molecule has 0 bridgehead atoms. The van der Waals surface area contributed by atoms with Crippen molar-refractivity contribution < 1.29 is 14.3 Å². The van der Waals surface area contributed by atoms with Crippen LogP contribution in [0.5, 0.6) is 5.75 Å². The van der Waals surface area contributed by atoms with Gasteiger partial charge in [0, 0.05) is 22.9 Å². The number of carbonyl (C=O) groups is 2. The Bertz CT molecular complexity index is 1090. The molecular formula is C22H21N3O4. The lowest BCUT2D eigenvalue weighted by Crippen LogP contribution is -2.33. The Hall–Kier alpha value is -3.74. The van der Waals surface area contributed by atoms with Gasteiger partial charge < -0.3 is 10.1 Å². The highest BCUT2D eigenvalue weighted by atomic mass is 16.5.